The minimum atomic E-state index is -4.67. The van der Waals surface area contributed by atoms with E-state index in [1.54, 1.807) is 18.5 Å². The highest BCUT2D eigenvalue weighted by atomic mass is 35.5. The molecule has 0 unspecified atom stereocenters. The summed E-state index contributed by atoms with van der Waals surface area (Å²) in [6.45, 7) is 1.85. The van der Waals surface area contributed by atoms with Crippen LogP contribution in [0.3, 0.4) is 0 Å². The lowest BCUT2D eigenvalue weighted by Gasteiger charge is -2.43. The average molecular weight is 542 g/mol. The fraction of sp³-hybridized carbons (Fsp3) is 0.476. The molecule has 3 aliphatic rings. The molecule has 0 bridgehead atoms. The number of hydrogen-bond donors (Lipinski definition) is 5. The number of aromatic nitrogens is 3. The Morgan fingerprint density at radius 1 is 1.14 bits per heavy atom. The van der Waals surface area contributed by atoms with Gasteiger partial charge in [0.15, 0.2) is 5.82 Å². The van der Waals surface area contributed by atoms with Gasteiger partial charge in [-0.05, 0) is 49.5 Å². The molecule has 0 aromatic carbocycles. The van der Waals surface area contributed by atoms with Crippen molar-refractivity contribution in [3.05, 3.63) is 35.1 Å². The highest BCUT2D eigenvalue weighted by Crippen LogP contribution is 2.51. The maximum atomic E-state index is 8.74. The van der Waals surface area contributed by atoms with Crippen LogP contribution in [0.5, 0.6) is 0 Å². The summed E-state index contributed by atoms with van der Waals surface area (Å²) in [5.74, 6) is 2.25. The molecule has 3 heterocycles. The van der Waals surface area contributed by atoms with Crippen LogP contribution in [-0.2, 0) is 10.4 Å². The number of nitrogen functional groups attached to an aromatic ring is 2. The summed E-state index contributed by atoms with van der Waals surface area (Å²) in [5.41, 5.74) is 20.4. The Kier molecular flexibility index (Phi) is 7.46. The molecule has 5 rings (SSSR count). The molecule has 1 aliphatic heterocycles. The van der Waals surface area contributed by atoms with Crippen molar-refractivity contribution < 1.29 is 17.5 Å². The van der Waals surface area contributed by atoms with Crippen molar-refractivity contribution in [2.75, 3.05) is 29.5 Å². The monoisotopic (exact) mass is 541 g/mol. The van der Waals surface area contributed by atoms with Crippen molar-refractivity contribution in [1.29, 1.82) is 0 Å². The van der Waals surface area contributed by atoms with E-state index in [-0.39, 0.29) is 17.3 Å². The third kappa shape index (κ3) is 6.16. The van der Waals surface area contributed by atoms with Crippen LogP contribution in [0.15, 0.2) is 40.0 Å². The van der Waals surface area contributed by atoms with Gasteiger partial charge in [-0.15, -0.1) is 0 Å². The van der Waals surface area contributed by atoms with Crippen molar-refractivity contribution in [1.82, 2.24) is 15.0 Å². The minimum absolute atomic E-state index is 0.222. The standard InChI is InChI=1S/C21H26ClN7S.H2O4S/c22-16-14(4-8-26-18(16)24)30-20-19(25)28-15(11-27-20)29-9-6-21(7-10-29)5-3-13(17(21)23)12-1-2-12;1-5(2,3)4/h3-4,8,11-12,17H,1-2,5-7,9-10,23H2,(H2,24,26)(H2,25,28);(H2,1,2,3,4)/t17-;/m1./s1. The number of halogens is 1. The molecule has 11 nitrogen and oxygen atoms in total. The molecule has 0 radical (unpaired) electrons. The molecule has 8 N–H and O–H groups in total. The summed E-state index contributed by atoms with van der Waals surface area (Å²) in [6, 6.07) is 2.01. The van der Waals surface area contributed by atoms with Gasteiger partial charge < -0.3 is 22.1 Å². The molecule has 14 heteroatoms. The molecule has 2 aromatic rings. The van der Waals surface area contributed by atoms with Gasteiger partial charge in [-0.1, -0.05) is 35.0 Å². The first kappa shape index (κ1) is 25.9. The van der Waals surface area contributed by atoms with E-state index in [4.69, 9.17) is 46.3 Å². The van der Waals surface area contributed by atoms with Crippen molar-refractivity contribution >= 4 is 51.2 Å². The van der Waals surface area contributed by atoms with Crippen LogP contribution < -0.4 is 22.1 Å². The molecule has 1 saturated carbocycles. The fourth-order valence-corrected chi connectivity index (χ4v) is 5.71. The number of pyridine rings is 1. The molecular weight excluding hydrogens is 514 g/mol. The number of nitrogens with two attached hydrogens (primary N) is 3. The lowest BCUT2D eigenvalue weighted by molar-refractivity contribution is 0.203. The molecule has 1 atom stereocenters. The number of anilines is 3. The Bertz CT molecular complexity index is 1220. The van der Waals surface area contributed by atoms with E-state index in [9.17, 15) is 0 Å². The van der Waals surface area contributed by atoms with Crippen LogP contribution in [0.4, 0.5) is 17.5 Å². The molecule has 2 aliphatic carbocycles. The fourth-order valence-electron chi connectivity index (χ4n) is 4.70. The minimum Gasteiger partial charge on any atom is -0.382 e. The largest absolute Gasteiger partial charge is 0.394 e. The number of allylic oxidation sites excluding steroid dienone is 1. The van der Waals surface area contributed by atoms with Crippen molar-refractivity contribution in [3.63, 3.8) is 0 Å². The van der Waals surface area contributed by atoms with Crippen LogP contribution in [0.25, 0.3) is 0 Å². The second-order valence-electron chi connectivity index (χ2n) is 8.99. The summed E-state index contributed by atoms with van der Waals surface area (Å²) in [4.78, 5) is 16.2. The van der Waals surface area contributed by atoms with Crippen molar-refractivity contribution in [2.24, 2.45) is 17.1 Å². The Labute approximate surface area is 213 Å². The third-order valence-corrected chi connectivity index (χ3v) is 8.31. The second kappa shape index (κ2) is 10.1. The first-order chi connectivity index (χ1) is 16.5. The normalized spacial score (nSPS) is 21.4. The molecule has 0 amide bonds. The van der Waals surface area contributed by atoms with Crippen LogP contribution in [0, 0.1) is 11.3 Å². The van der Waals surface area contributed by atoms with Gasteiger partial charge in [0.25, 0.3) is 0 Å². The Morgan fingerprint density at radius 2 is 1.80 bits per heavy atom. The molecule has 1 spiro atoms. The molecule has 1 saturated heterocycles. The maximum Gasteiger partial charge on any atom is 0.394 e. The summed E-state index contributed by atoms with van der Waals surface area (Å²) in [6.07, 6.45) is 11.7. The zero-order valence-corrected chi connectivity index (χ0v) is 21.2. The van der Waals surface area contributed by atoms with Crippen molar-refractivity contribution in [2.45, 2.75) is 48.1 Å². The average Bonchev–Trinajstić information content (AvgIpc) is 3.58. The van der Waals surface area contributed by atoms with Gasteiger partial charge >= 0.3 is 10.4 Å². The van der Waals surface area contributed by atoms with Crippen LogP contribution in [-0.4, -0.2) is 51.6 Å². The van der Waals surface area contributed by atoms with Gasteiger partial charge in [0.05, 0.1) is 11.2 Å². The summed E-state index contributed by atoms with van der Waals surface area (Å²) >= 11 is 7.58. The van der Waals surface area contributed by atoms with Gasteiger partial charge in [-0.2, -0.15) is 8.42 Å². The van der Waals surface area contributed by atoms with Crippen molar-refractivity contribution in [3.8, 4) is 0 Å². The Morgan fingerprint density at radius 3 is 2.40 bits per heavy atom. The smallest absolute Gasteiger partial charge is 0.382 e. The van der Waals surface area contributed by atoms with Gasteiger partial charge in [-0.3, -0.25) is 9.11 Å². The molecular formula is C21H28ClN7O4S2. The van der Waals surface area contributed by atoms with E-state index >= 15 is 0 Å². The van der Waals surface area contributed by atoms with E-state index in [2.05, 4.69) is 25.9 Å². The van der Waals surface area contributed by atoms with Gasteiger partial charge in [-0.25, -0.2) is 15.0 Å². The highest BCUT2D eigenvalue weighted by molar-refractivity contribution is 7.99. The molecule has 35 heavy (non-hydrogen) atoms. The molecule has 2 aromatic heterocycles. The van der Waals surface area contributed by atoms with E-state index < -0.39 is 10.4 Å². The number of piperidine rings is 1. The zero-order valence-electron chi connectivity index (χ0n) is 18.8. The first-order valence-electron chi connectivity index (χ1n) is 11.1. The van der Waals surface area contributed by atoms with Crippen LogP contribution in [0.2, 0.25) is 5.02 Å². The summed E-state index contributed by atoms with van der Waals surface area (Å²) in [7, 11) is -4.67. The van der Waals surface area contributed by atoms with Crippen LogP contribution in [0.1, 0.15) is 32.1 Å². The Hall–Kier alpha value is -2.16. The topological polar surface area (TPSA) is 195 Å². The maximum absolute atomic E-state index is 8.74. The van der Waals surface area contributed by atoms with E-state index in [0.29, 0.717) is 15.9 Å². The predicted octanol–water partition coefficient (Wildman–Crippen LogP) is 2.84. The summed E-state index contributed by atoms with van der Waals surface area (Å²) in [5, 5.41) is 1.01. The highest BCUT2D eigenvalue weighted by Gasteiger charge is 2.47. The van der Waals surface area contributed by atoms with Gasteiger partial charge in [0, 0.05) is 30.2 Å². The number of hydrogen-bond acceptors (Lipinski definition) is 10. The lowest BCUT2D eigenvalue weighted by Crippen LogP contribution is -2.48. The predicted molar refractivity (Wildman–Crippen MR) is 136 cm³/mol. The quantitative estimate of drug-likeness (QED) is 0.281. The number of rotatable bonds is 4. The van der Waals surface area contributed by atoms with E-state index in [1.807, 2.05) is 0 Å². The van der Waals surface area contributed by atoms with Gasteiger partial charge in [0.1, 0.15) is 16.7 Å². The van der Waals surface area contributed by atoms with E-state index in [0.717, 1.165) is 49.0 Å². The first-order valence-corrected chi connectivity index (χ1v) is 13.7. The third-order valence-electron chi connectivity index (χ3n) is 6.73. The Balaban J connectivity index is 0.000000527. The zero-order chi connectivity index (χ0) is 25.4. The molecule has 190 valence electrons. The van der Waals surface area contributed by atoms with E-state index in [1.165, 1.54) is 30.2 Å². The molecule has 2 fully saturated rings. The summed E-state index contributed by atoms with van der Waals surface area (Å²) < 4.78 is 31.6. The second-order valence-corrected chi connectivity index (χ2v) is 11.3. The lowest BCUT2D eigenvalue weighted by atomic mass is 9.72. The van der Waals surface area contributed by atoms with Crippen LogP contribution >= 0.6 is 23.4 Å². The van der Waals surface area contributed by atoms with Gasteiger partial charge in [0.2, 0.25) is 0 Å². The number of nitrogens with zero attached hydrogens (tertiary/aromatic N) is 4. The SMILES string of the molecule is Nc1nc(N2CCC3(CC=C(C4CC4)[C@H]3N)CC2)cnc1Sc1ccnc(N)c1Cl.O=S(=O)(O)O.